The van der Waals surface area contributed by atoms with E-state index in [1.807, 2.05) is 13.8 Å². The minimum atomic E-state index is -0.380. The number of nitrogens with one attached hydrogen (secondary N) is 1. The van der Waals surface area contributed by atoms with Gasteiger partial charge in [0.05, 0.1) is 11.5 Å². The lowest BCUT2D eigenvalue weighted by molar-refractivity contribution is -0.384. The van der Waals surface area contributed by atoms with Crippen molar-refractivity contribution in [3.8, 4) is 0 Å². The maximum atomic E-state index is 11.1. The lowest BCUT2D eigenvalue weighted by atomic mass is 10.2. The van der Waals surface area contributed by atoms with Gasteiger partial charge in [0.2, 0.25) is 5.82 Å². The number of anilines is 1. The van der Waals surface area contributed by atoms with Gasteiger partial charge in [0, 0.05) is 20.7 Å². The van der Waals surface area contributed by atoms with Crippen molar-refractivity contribution < 1.29 is 9.66 Å². The van der Waals surface area contributed by atoms with Crippen LogP contribution in [0.5, 0.6) is 0 Å². The summed E-state index contributed by atoms with van der Waals surface area (Å²) < 4.78 is 6.55. The summed E-state index contributed by atoms with van der Waals surface area (Å²) in [7, 11) is 3.34. The number of hydrogen-bond acceptors (Lipinski definition) is 5. The van der Waals surface area contributed by atoms with Gasteiger partial charge in [-0.05, 0) is 12.3 Å². The second-order valence-corrected chi connectivity index (χ2v) is 4.32. The molecule has 1 heterocycles. The zero-order chi connectivity index (χ0) is 13.7. The Morgan fingerprint density at radius 2 is 2.28 bits per heavy atom. The molecular formula is C11H20N4O3. The monoisotopic (exact) mass is 256 g/mol. The topological polar surface area (TPSA) is 82.2 Å². The maximum Gasteiger partial charge on any atom is 0.333 e. The molecule has 1 unspecified atom stereocenters. The van der Waals surface area contributed by atoms with Crippen molar-refractivity contribution in [3.05, 3.63) is 15.8 Å². The molecule has 1 N–H and O–H groups in total. The van der Waals surface area contributed by atoms with Crippen molar-refractivity contribution in [2.45, 2.75) is 20.3 Å². The summed E-state index contributed by atoms with van der Waals surface area (Å²) in [6.07, 6.45) is 0.541. The van der Waals surface area contributed by atoms with Crippen molar-refractivity contribution >= 4 is 11.5 Å². The molecular weight excluding hydrogens is 236 g/mol. The molecule has 1 rings (SSSR count). The molecule has 0 aliphatic carbocycles. The van der Waals surface area contributed by atoms with Crippen LogP contribution in [0.15, 0.2) is 0 Å². The van der Waals surface area contributed by atoms with E-state index in [9.17, 15) is 10.1 Å². The lowest BCUT2D eigenvalue weighted by Gasteiger charge is -2.11. The van der Waals surface area contributed by atoms with Crippen molar-refractivity contribution in [3.63, 3.8) is 0 Å². The van der Waals surface area contributed by atoms with Crippen LogP contribution in [0.4, 0.5) is 11.5 Å². The van der Waals surface area contributed by atoms with Crippen LogP contribution >= 0.6 is 0 Å². The summed E-state index contributed by atoms with van der Waals surface area (Å²) in [5, 5.41) is 18.3. The number of rotatable bonds is 7. The summed E-state index contributed by atoms with van der Waals surface area (Å²) >= 11 is 0. The second-order valence-electron chi connectivity index (χ2n) is 4.32. The molecule has 0 amide bonds. The van der Waals surface area contributed by atoms with E-state index in [2.05, 4.69) is 10.4 Å². The minimum absolute atomic E-state index is 0.0737. The first-order valence-corrected chi connectivity index (χ1v) is 5.94. The molecule has 1 aromatic heterocycles. The second kappa shape index (κ2) is 6.34. The molecule has 0 saturated heterocycles. The summed E-state index contributed by atoms with van der Waals surface area (Å²) in [6.45, 7) is 5.09. The first kappa shape index (κ1) is 14.4. The number of nitro groups is 1. The first-order chi connectivity index (χ1) is 8.51. The van der Waals surface area contributed by atoms with Crippen LogP contribution in [0.2, 0.25) is 0 Å². The highest BCUT2D eigenvalue weighted by molar-refractivity contribution is 5.59. The number of aromatic nitrogens is 2. The van der Waals surface area contributed by atoms with E-state index in [0.717, 1.165) is 0 Å². The Hall–Kier alpha value is -1.63. The van der Waals surface area contributed by atoms with E-state index in [1.54, 1.807) is 14.2 Å². The predicted octanol–water partition coefficient (Wildman–Crippen LogP) is 1.59. The highest BCUT2D eigenvalue weighted by Gasteiger charge is 2.25. The third kappa shape index (κ3) is 3.19. The number of ether oxygens (including phenoxy) is 1. The first-order valence-electron chi connectivity index (χ1n) is 5.94. The quantitative estimate of drug-likeness (QED) is 0.591. The third-order valence-electron chi connectivity index (χ3n) is 2.68. The average molecular weight is 256 g/mol. The summed E-state index contributed by atoms with van der Waals surface area (Å²) in [5.74, 6) is 0.731. The van der Waals surface area contributed by atoms with Crippen LogP contribution in [-0.2, 0) is 18.2 Å². The van der Waals surface area contributed by atoms with E-state index in [0.29, 0.717) is 31.1 Å². The van der Waals surface area contributed by atoms with Gasteiger partial charge in [-0.25, -0.2) is 4.68 Å². The number of aryl methyl sites for hydroxylation is 2. The molecule has 0 saturated carbocycles. The van der Waals surface area contributed by atoms with Crippen LogP contribution in [-0.4, -0.2) is 35.0 Å². The van der Waals surface area contributed by atoms with Crippen molar-refractivity contribution in [1.82, 2.24) is 9.78 Å². The van der Waals surface area contributed by atoms with Crippen LogP contribution in [0.3, 0.4) is 0 Å². The van der Waals surface area contributed by atoms with E-state index >= 15 is 0 Å². The smallest absolute Gasteiger partial charge is 0.333 e. The molecule has 0 bridgehead atoms. The Balaban J connectivity index is 2.87. The highest BCUT2D eigenvalue weighted by Crippen LogP contribution is 2.28. The fourth-order valence-electron chi connectivity index (χ4n) is 1.81. The molecule has 7 heteroatoms. The fourth-order valence-corrected chi connectivity index (χ4v) is 1.81. The Morgan fingerprint density at radius 3 is 2.78 bits per heavy atom. The van der Waals surface area contributed by atoms with Gasteiger partial charge < -0.3 is 10.1 Å². The molecule has 0 aromatic carbocycles. The molecule has 0 fully saturated rings. The number of hydrogen-bond donors (Lipinski definition) is 1. The number of methoxy groups -OCH3 is 1. The van der Waals surface area contributed by atoms with E-state index < -0.39 is 0 Å². The van der Waals surface area contributed by atoms with Crippen LogP contribution in [0, 0.1) is 16.0 Å². The van der Waals surface area contributed by atoms with E-state index in [1.165, 1.54) is 4.68 Å². The summed E-state index contributed by atoms with van der Waals surface area (Å²) in [4.78, 5) is 10.7. The van der Waals surface area contributed by atoms with Crippen LogP contribution < -0.4 is 5.32 Å². The van der Waals surface area contributed by atoms with E-state index in [4.69, 9.17) is 4.74 Å². The van der Waals surface area contributed by atoms with Crippen LogP contribution in [0.25, 0.3) is 0 Å². The molecule has 1 atom stereocenters. The van der Waals surface area contributed by atoms with Crippen molar-refractivity contribution in [2.24, 2.45) is 13.0 Å². The SMILES string of the molecule is CCc1nn(C)c(NCC(C)COC)c1[N+](=O)[O-]. The van der Waals surface area contributed by atoms with E-state index in [-0.39, 0.29) is 16.5 Å². The normalized spacial score (nSPS) is 12.4. The van der Waals surface area contributed by atoms with Gasteiger partial charge in [-0.15, -0.1) is 0 Å². The van der Waals surface area contributed by atoms with Gasteiger partial charge in [0.25, 0.3) is 0 Å². The Bertz CT molecular complexity index is 417. The lowest BCUT2D eigenvalue weighted by Crippen LogP contribution is -2.17. The molecule has 0 aliphatic rings. The van der Waals surface area contributed by atoms with Gasteiger partial charge in [0.1, 0.15) is 5.69 Å². The predicted molar refractivity (Wildman–Crippen MR) is 68.8 cm³/mol. The average Bonchev–Trinajstić information content (AvgIpc) is 2.63. The standard InChI is InChI=1S/C11H20N4O3/c1-5-9-10(15(16)17)11(14(3)13-9)12-6-8(2)7-18-4/h8,12H,5-7H2,1-4H3. The van der Waals surface area contributed by atoms with Gasteiger partial charge in [-0.1, -0.05) is 13.8 Å². The minimum Gasteiger partial charge on any atom is -0.384 e. The molecule has 1 aromatic rings. The molecule has 0 spiro atoms. The molecule has 0 radical (unpaired) electrons. The third-order valence-corrected chi connectivity index (χ3v) is 2.68. The molecule has 18 heavy (non-hydrogen) atoms. The largest absolute Gasteiger partial charge is 0.384 e. The van der Waals surface area contributed by atoms with Gasteiger partial charge >= 0.3 is 5.69 Å². The van der Waals surface area contributed by atoms with Crippen LogP contribution in [0.1, 0.15) is 19.5 Å². The Morgan fingerprint density at radius 1 is 1.61 bits per heavy atom. The number of nitrogens with zero attached hydrogens (tertiary/aromatic N) is 3. The summed E-state index contributed by atoms with van der Waals surface area (Å²) in [6, 6.07) is 0. The van der Waals surface area contributed by atoms with Crippen molar-refractivity contribution in [2.75, 3.05) is 25.6 Å². The zero-order valence-electron chi connectivity index (χ0n) is 11.3. The Kier molecular flexibility index (Phi) is 5.08. The summed E-state index contributed by atoms with van der Waals surface area (Å²) in [5.41, 5.74) is 0.578. The maximum absolute atomic E-state index is 11.1. The van der Waals surface area contributed by atoms with Gasteiger partial charge in [-0.2, -0.15) is 5.10 Å². The Labute approximate surface area is 106 Å². The highest BCUT2D eigenvalue weighted by atomic mass is 16.6. The molecule has 7 nitrogen and oxygen atoms in total. The van der Waals surface area contributed by atoms with Crippen molar-refractivity contribution in [1.29, 1.82) is 0 Å². The van der Waals surface area contributed by atoms with Gasteiger partial charge in [-0.3, -0.25) is 10.1 Å². The van der Waals surface area contributed by atoms with Gasteiger partial charge in [0.15, 0.2) is 0 Å². The molecule has 0 aliphatic heterocycles. The fraction of sp³-hybridized carbons (Fsp3) is 0.727. The zero-order valence-corrected chi connectivity index (χ0v) is 11.3. The molecule has 102 valence electrons.